The van der Waals surface area contributed by atoms with Crippen molar-refractivity contribution in [2.75, 3.05) is 24.7 Å². The molecular formula is C14H15N5. The number of benzene rings is 1. The number of para-hydroxylation sites is 1. The topological polar surface area (TPSA) is 70.8 Å². The van der Waals surface area contributed by atoms with E-state index in [2.05, 4.69) is 15.0 Å². The Morgan fingerprint density at radius 2 is 1.84 bits per heavy atom. The molecule has 3 aromatic rings. The van der Waals surface area contributed by atoms with Crippen molar-refractivity contribution in [3.8, 4) is 11.4 Å². The van der Waals surface area contributed by atoms with E-state index in [-0.39, 0.29) is 0 Å². The molecule has 3 N–H and O–H groups in total. The van der Waals surface area contributed by atoms with Crippen molar-refractivity contribution in [2.45, 2.75) is 0 Å². The van der Waals surface area contributed by atoms with Gasteiger partial charge in [0.15, 0.2) is 5.65 Å². The predicted octanol–water partition coefficient (Wildman–Crippen LogP) is 2.27. The summed E-state index contributed by atoms with van der Waals surface area (Å²) in [6.45, 7) is 0. The molecule has 0 amide bonds. The first-order chi connectivity index (χ1) is 9.15. The zero-order valence-corrected chi connectivity index (χ0v) is 10.9. The highest BCUT2D eigenvalue weighted by molar-refractivity contribution is 5.81. The standard InChI is InChI=1S/C14H15N5/c1-19(2)12-8-7-11-14(17-12)18-13(16-11)9-5-3-4-6-10(9)15/h3-8H,15H2,1-2H3,(H,16,17,18). The zero-order chi connectivity index (χ0) is 13.4. The lowest BCUT2D eigenvalue weighted by Crippen LogP contribution is -2.10. The van der Waals surface area contributed by atoms with Crippen LogP contribution in [0.5, 0.6) is 0 Å². The van der Waals surface area contributed by atoms with Crippen LogP contribution >= 0.6 is 0 Å². The Bertz CT molecular complexity index is 730. The number of rotatable bonds is 2. The molecule has 5 nitrogen and oxygen atoms in total. The maximum absolute atomic E-state index is 5.96. The second-order valence-corrected chi connectivity index (χ2v) is 4.61. The quantitative estimate of drug-likeness (QED) is 0.687. The van der Waals surface area contributed by atoms with Crippen LogP contribution in [0.25, 0.3) is 22.6 Å². The summed E-state index contributed by atoms with van der Waals surface area (Å²) in [5, 5.41) is 0. The molecule has 0 unspecified atom stereocenters. The summed E-state index contributed by atoms with van der Waals surface area (Å²) in [6, 6.07) is 11.6. The monoisotopic (exact) mass is 253 g/mol. The van der Waals surface area contributed by atoms with E-state index in [4.69, 9.17) is 5.73 Å². The van der Waals surface area contributed by atoms with Crippen molar-refractivity contribution in [2.24, 2.45) is 0 Å². The van der Waals surface area contributed by atoms with Gasteiger partial charge in [-0.25, -0.2) is 9.97 Å². The van der Waals surface area contributed by atoms with Crippen LogP contribution in [0.2, 0.25) is 0 Å². The molecule has 96 valence electrons. The smallest absolute Gasteiger partial charge is 0.180 e. The molecule has 0 spiro atoms. The Morgan fingerprint density at radius 3 is 2.58 bits per heavy atom. The van der Waals surface area contributed by atoms with Gasteiger partial charge in [0, 0.05) is 25.3 Å². The van der Waals surface area contributed by atoms with E-state index < -0.39 is 0 Å². The number of hydrogen-bond donors (Lipinski definition) is 2. The lowest BCUT2D eigenvalue weighted by Gasteiger charge is -2.09. The maximum Gasteiger partial charge on any atom is 0.180 e. The second-order valence-electron chi connectivity index (χ2n) is 4.61. The van der Waals surface area contributed by atoms with E-state index in [1.807, 2.05) is 55.4 Å². The fourth-order valence-corrected chi connectivity index (χ4v) is 1.97. The van der Waals surface area contributed by atoms with E-state index in [1.165, 1.54) is 0 Å². The number of fused-ring (bicyclic) bond motifs is 1. The number of nitrogens with two attached hydrogens (primary N) is 1. The fourth-order valence-electron chi connectivity index (χ4n) is 1.97. The van der Waals surface area contributed by atoms with Crippen LogP contribution in [0.1, 0.15) is 0 Å². The second kappa shape index (κ2) is 4.28. The molecule has 0 atom stereocenters. The van der Waals surface area contributed by atoms with Gasteiger partial charge in [-0.1, -0.05) is 12.1 Å². The zero-order valence-electron chi connectivity index (χ0n) is 10.9. The molecule has 0 saturated carbocycles. The van der Waals surface area contributed by atoms with Crippen LogP contribution < -0.4 is 10.6 Å². The number of nitrogens with zero attached hydrogens (tertiary/aromatic N) is 3. The normalized spacial score (nSPS) is 10.8. The van der Waals surface area contributed by atoms with Crippen LogP contribution in [0, 0.1) is 0 Å². The van der Waals surface area contributed by atoms with Gasteiger partial charge in [-0.2, -0.15) is 0 Å². The summed E-state index contributed by atoms with van der Waals surface area (Å²) in [4.78, 5) is 14.2. The minimum atomic E-state index is 0.699. The number of aromatic amines is 1. The molecular weight excluding hydrogens is 238 g/mol. The molecule has 3 rings (SSSR count). The molecule has 1 aromatic carbocycles. The van der Waals surface area contributed by atoms with Crippen LogP contribution in [-0.4, -0.2) is 29.0 Å². The van der Waals surface area contributed by atoms with Gasteiger partial charge in [-0.05, 0) is 24.3 Å². The lowest BCUT2D eigenvalue weighted by atomic mass is 10.2. The number of anilines is 2. The van der Waals surface area contributed by atoms with Crippen molar-refractivity contribution >= 4 is 22.7 Å². The molecule has 5 heteroatoms. The molecule has 2 heterocycles. The highest BCUT2D eigenvalue weighted by Gasteiger charge is 2.09. The number of aromatic nitrogens is 3. The van der Waals surface area contributed by atoms with Gasteiger partial charge in [0.05, 0.1) is 5.52 Å². The number of pyridine rings is 1. The molecule has 0 aliphatic carbocycles. The number of imidazole rings is 1. The number of nitrogen functional groups attached to an aromatic ring is 1. The maximum atomic E-state index is 5.96. The Kier molecular flexibility index (Phi) is 2.59. The number of nitrogens with one attached hydrogen (secondary N) is 1. The Morgan fingerprint density at radius 1 is 1.05 bits per heavy atom. The lowest BCUT2D eigenvalue weighted by molar-refractivity contribution is 1.08. The first-order valence-electron chi connectivity index (χ1n) is 6.04. The molecule has 19 heavy (non-hydrogen) atoms. The third-order valence-corrected chi connectivity index (χ3v) is 3.01. The first kappa shape index (κ1) is 11.5. The highest BCUT2D eigenvalue weighted by Crippen LogP contribution is 2.25. The van der Waals surface area contributed by atoms with Gasteiger partial charge < -0.3 is 15.6 Å². The Labute approximate surface area is 111 Å². The molecule has 0 radical (unpaired) electrons. The SMILES string of the molecule is CN(C)c1ccc2[nH]c(-c3ccccc3N)nc2n1. The Hall–Kier alpha value is -2.56. The highest BCUT2D eigenvalue weighted by atomic mass is 15.1. The number of hydrogen-bond acceptors (Lipinski definition) is 4. The third-order valence-electron chi connectivity index (χ3n) is 3.01. The van der Waals surface area contributed by atoms with E-state index in [0.717, 1.165) is 22.7 Å². The largest absolute Gasteiger partial charge is 0.398 e. The van der Waals surface area contributed by atoms with E-state index >= 15 is 0 Å². The Balaban J connectivity index is 2.14. The fraction of sp³-hybridized carbons (Fsp3) is 0.143. The summed E-state index contributed by atoms with van der Waals surface area (Å²) in [7, 11) is 3.91. The van der Waals surface area contributed by atoms with Crippen LogP contribution in [0.3, 0.4) is 0 Å². The van der Waals surface area contributed by atoms with Crippen LogP contribution in [0.15, 0.2) is 36.4 Å². The van der Waals surface area contributed by atoms with Crippen molar-refractivity contribution in [3.05, 3.63) is 36.4 Å². The van der Waals surface area contributed by atoms with Crippen molar-refractivity contribution in [3.63, 3.8) is 0 Å². The molecule has 0 aliphatic heterocycles. The molecule has 0 aliphatic rings. The van der Waals surface area contributed by atoms with E-state index in [0.29, 0.717) is 11.3 Å². The first-order valence-corrected chi connectivity index (χ1v) is 6.04. The van der Waals surface area contributed by atoms with Gasteiger partial charge in [0.1, 0.15) is 11.6 Å². The van der Waals surface area contributed by atoms with Gasteiger partial charge in [0.2, 0.25) is 0 Å². The molecule has 0 bridgehead atoms. The minimum Gasteiger partial charge on any atom is -0.398 e. The van der Waals surface area contributed by atoms with Gasteiger partial charge >= 0.3 is 0 Å². The van der Waals surface area contributed by atoms with E-state index in [9.17, 15) is 0 Å². The van der Waals surface area contributed by atoms with E-state index in [1.54, 1.807) is 0 Å². The summed E-state index contributed by atoms with van der Waals surface area (Å²) < 4.78 is 0. The van der Waals surface area contributed by atoms with Crippen LogP contribution in [0.4, 0.5) is 11.5 Å². The van der Waals surface area contributed by atoms with Gasteiger partial charge in [-0.3, -0.25) is 0 Å². The summed E-state index contributed by atoms with van der Waals surface area (Å²) in [6.07, 6.45) is 0. The minimum absolute atomic E-state index is 0.699. The molecule has 0 saturated heterocycles. The summed E-state index contributed by atoms with van der Waals surface area (Å²) in [5.41, 5.74) is 9.17. The van der Waals surface area contributed by atoms with Crippen LogP contribution in [-0.2, 0) is 0 Å². The van der Waals surface area contributed by atoms with Crippen molar-refractivity contribution in [1.29, 1.82) is 0 Å². The summed E-state index contributed by atoms with van der Waals surface area (Å²) >= 11 is 0. The van der Waals surface area contributed by atoms with Crippen molar-refractivity contribution in [1.82, 2.24) is 15.0 Å². The molecule has 2 aromatic heterocycles. The molecule has 0 fully saturated rings. The third kappa shape index (κ3) is 1.99. The van der Waals surface area contributed by atoms with Crippen molar-refractivity contribution < 1.29 is 0 Å². The summed E-state index contributed by atoms with van der Waals surface area (Å²) in [5.74, 6) is 1.63. The van der Waals surface area contributed by atoms with Gasteiger partial charge in [0.25, 0.3) is 0 Å². The average Bonchev–Trinajstić information content (AvgIpc) is 2.81. The van der Waals surface area contributed by atoms with Gasteiger partial charge in [-0.15, -0.1) is 0 Å². The number of H-pyrrole nitrogens is 1. The average molecular weight is 253 g/mol. The predicted molar refractivity (Wildman–Crippen MR) is 78.1 cm³/mol.